The molecule has 0 aliphatic rings. The molecule has 2 aromatic carbocycles. The van der Waals surface area contributed by atoms with Crippen molar-refractivity contribution in [3.63, 3.8) is 0 Å². The van der Waals surface area contributed by atoms with Gasteiger partial charge in [0.2, 0.25) is 0 Å². The standard InChI is InChI=1S/C16H17F2NO/c17-14-7-6-13(16(18)9-14)10-19-11-15(20)8-12-4-2-1-3-5-12/h1-7,9,15,19-20H,8,10-11H2. The zero-order chi connectivity index (χ0) is 14.4. The molecule has 0 heterocycles. The minimum absolute atomic E-state index is 0.262. The molecule has 4 heteroatoms. The van der Waals surface area contributed by atoms with Crippen molar-refractivity contribution in [2.75, 3.05) is 6.54 Å². The highest BCUT2D eigenvalue weighted by Gasteiger charge is 2.07. The van der Waals surface area contributed by atoms with Crippen LogP contribution in [-0.4, -0.2) is 17.8 Å². The van der Waals surface area contributed by atoms with Crippen LogP contribution in [0.25, 0.3) is 0 Å². The molecular formula is C16H17F2NO. The van der Waals surface area contributed by atoms with Crippen molar-refractivity contribution in [3.8, 4) is 0 Å². The molecule has 2 N–H and O–H groups in total. The fourth-order valence-corrected chi connectivity index (χ4v) is 2.00. The predicted molar refractivity (Wildman–Crippen MR) is 74.2 cm³/mol. The van der Waals surface area contributed by atoms with Gasteiger partial charge in [-0.2, -0.15) is 0 Å². The Morgan fingerprint density at radius 3 is 2.50 bits per heavy atom. The largest absolute Gasteiger partial charge is 0.391 e. The first kappa shape index (κ1) is 14.6. The van der Waals surface area contributed by atoms with Crippen LogP contribution in [0.3, 0.4) is 0 Å². The summed E-state index contributed by atoms with van der Waals surface area (Å²) in [6.07, 6.45) is 0.000584. The maximum Gasteiger partial charge on any atom is 0.130 e. The minimum Gasteiger partial charge on any atom is -0.391 e. The molecule has 0 aromatic heterocycles. The zero-order valence-corrected chi connectivity index (χ0v) is 11.0. The van der Waals surface area contributed by atoms with E-state index in [1.54, 1.807) is 0 Å². The Bertz CT molecular complexity index is 545. The van der Waals surface area contributed by atoms with Gasteiger partial charge in [-0.05, 0) is 18.1 Å². The summed E-state index contributed by atoms with van der Waals surface area (Å²) in [4.78, 5) is 0. The van der Waals surface area contributed by atoms with Crippen molar-refractivity contribution in [3.05, 3.63) is 71.3 Å². The molecular weight excluding hydrogens is 260 g/mol. The van der Waals surface area contributed by atoms with Gasteiger partial charge in [0, 0.05) is 24.7 Å². The third-order valence-corrected chi connectivity index (χ3v) is 3.02. The van der Waals surface area contributed by atoms with Crippen molar-refractivity contribution in [1.82, 2.24) is 5.32 Å². The van der Waals surface area contributed by atoms with Gasteiger partial charge >= 0.3 is 0 Å². The first-order chi connectivity index (χ1) is 9.65. The smallest absolute Gasteiger partial charge is 0.130 e. The van der Waals surface area contributed by atoms with E-state index in [1.165, 1.54) is 12.1 Å². The third kappa shape index (κ3) is 4.40. The van der Waals surface area contributed by atoms with E-state index in [4.69, 9.17) is 0 Å². The Labute approximate surface area is 117 Å². The number of hydrogen-bond acceptors (Lipinski definition) is 2. The highest BCUT2D eigenvalue weighted by atomic mass is 19.1. The second kappa shape index (κ2) is 7.12. The molecule has 0 spiro atoms. The average Bonchev–Trinajstić information content (AvgIpc) is 2.42. The molecule has 0 aliphatic heterocycles. The van der Waals surface area contributed by atoms with Gasteiger partial charge in [-0.25, -0.2) is 8.78 Å². The average molecular weight is 277 g/mol. The van der Waals surface area contributed by atoms with Crippen LogP contribution in [-0.2, 0) is 13.0 Å². The predicted octanol–water partition coefficient (Wildman–Crippen LogP) is 2.66. The number of rotatable bonds is 6. The van der Waals surface area contributed by atoms with E-state index >= 15 is 0 Å². The molecule has 20 heavy (non-hydrogen) atoms. The lowest BCUT2D eigenvalue weighted by Crippen LogP contribution is -2.28. The number of nitrogens with one attached hydrogen (secondary N) is 1. The monoisotopic (exact) mass is 277 g/mol. The lowest BCUT2D eigenvalue weighted by molar-refractivity contribution is 0.171. The van der Waals surface area contributed by atoms with Crippen LogP contribution in [0, 0.1) is 11.6 Å². The molecule has 2 rings (SSSR count). The molecule has 1 atom stereocenters. The second-order valence-electron chi connectivity index (χ2n) is 4.71. The summed E-state index contributed by atoms with van der Waals surface area (Å²) in [6, 6.07) is 13.1. The van der Waals surface area contributed by atoms with E-state index in [0.29, 0.717) is 18.5 Å². The van der Waals surface area contributed by atoms with E-state index < -0.39 is 17.7 Å². The number of aliphatic hydroxyl groups is 1. The van der Waals surface area contributed by atoms with Gasteiger partial charge in [0.05, 0.1) is 6.10 Å². The minimum atomic E-state index is -0.588. The summed E-state index contributed by atoms with van der Waals surface area (Å²) < 4.78 is 26.1. The molecule has 0 fully saturated rings. The van der Waals surface area contributed by atoms with Crippen LogP contribution in [0.15, 0.2) is 48.5 Å². The van der Waals surface area contributed by atoms with Gasteiger partial charge in [-0.1, -0.05) is 36.4 Å². The first-order valence-electron chi connectivity index (χ1n) is 6.52. The van der Waals surface area contributed by atoms with Crippen LogP contribution in [0.1, 0.15) is 11.1 Å². The Hall–Kier alpha value is -1.78. The van der Waals surface area contributed by atoms with Crippen molar-refractivity contribution in [2.45, 2.75) is 19.1 Å². The third-order valence-electron chi connectivity index (χ3n) is 3.02. The SMILES string of the molecule is OC(CNCc1ccc(F)cc1F)Cc1ccccc1. The number of benzene rings is 2. The molecule has 0 radical (unpaired) electrons. The summed E-state index contributed by atoms with van der Waals surface area (Å²) in [5.74, 6) is -1.16. The fraction of sp³-hybridized carbons (Fsp3) is 0.250. The molecule has 1 unspecified atom stereocenters. The quantitative estimate of drug-likeness (QED) is 0.851. The molecule has 2 aromatic rings. The van der Waals surface area contributed by atoms with Gasteiger partial charge < -0.3 is 10.4 Å². The molecule has 0 bridgehead atoms. The van der Waals surface area contributed by atoms with Gasteiger partial charge in [0.1, 0.15) is 11.6 Å². The maximum absolute atomic E-state index is 13.4. The topological polar surface area (TPSA) is 32.3 Å². The Morgan fingerprint density at radius 1 is 1.05 bits per heavy atom. The number of halogens is 2. The molecule has 0 aliphatic carbocycles. The van der Waals surface area contributed by atoms with Crippen LogP contribution < -0.4 is 5.32 Å². The van der Waals surface area contributed by atoms with Crippen molar-refractivity contribution in [2.24, 2.45) is 0 Å². The second-order valence-corrected chi connectivity index (χ2v) is 4.71. The number of aliphatic hydroxyl groups excluding tert-OH is 1. The van der Waals surface area contributed by atoms with E-state index in [2.05, 4.69) is 5.32 Å². The summed E-state index contributed by atoms with van der Waals surface area (Å²) in [5.41, 5.74) is 1.44. The Morgan fingerprint density at radius 2 is 1.80 bits per heavy atom. The van der Waals surface area contributed by atoms with Crippen LogP contribution in [0.2, 0.25) is 0 Å². The lowest BCUT2D eigenvalue weighted by Gasteiger charge is -2.12. The van der Waals surface area contributed by atoms with Gasteiger partial charge in [0.15, 0.2) is 0 Å². The summed E-state index contributed by atoms with van der Waals surface area (Å²) in [6.45, 7) is 0.615. The number of hydrogen-bond donors (Lipinski definition) is 2. The van der Waals surface area contributed by atoms with E-state index in [-0.39, 0.29) is 6.54 Å². The van der Waals surface area contributed by atoms with Crippen molar-refractivity contribution < 1.29 is 13.9 Å². The highest BCUT2D eigenvalue weighted by molar-refractivity contribution is 5.18. The highest BCUT2D eigenvalue weighted by Crippen LogP contribution is 2.09. The van der Waals surface area contributed by atoms with E-state index in [9.17, 15) is 13.9 Å². The molecule has 2 nitrogen and oxygen atoms in total. The van der Waals surface area contributed by atoms with E-state index in [0.717, 1.165) is 11.6 Å². The Balaban J connectivity index is 1.78. The van der Waals surface area contributed by atoms with Crippen LogP contribution in [0.5, 0.6) is 0 Å². The maximum atomic E-state index is 13.4. The normalized spacial score (nSPS) is 12.3. The van der Waals surface area contributed by atoms with Crippen molar-refractivity contribution >= 4 is 0 Å². The van der Waals surface area contributed by atoms with Gasteiger partial charge in [-0.15, -0.1) is 0 Å². The van der Waals surface area contributed by atoms with Gasteiger partial charge in [-0.3, -0.25) is 0 Å². The first-order valence-corrected chi connectivity index (χ1v) is 6.52. The Kier molecular flexibility index (Phi) is 5.21. The summed E-state index contributed by atoms with van der Waals surface area (Å²) >= 11 is 0. The summed E-state index contributed by atoms with van der Waals surface area (Å²) in [5, 5.41) is 12.8. The molecule has 106 valence electrons. The van der Waals surface area contributed by atoms with Crippen LogP contribution in [0.4, 0.5) is 8.78 Å². The molecule has 0 saturated heterocycles. The van der Waals surface area contributed by atoms with Crippen LogP contribution >= 0.6 is 0 Å². The zero-order valence-electron chi connectivity index (χ0n) is 11.0. The fourth-order valence-electron chi connectivity index (χ4n) is 2.00. The molecule has 0 saturated carbocycles. The lowest BCUT2D eigenvalue weighted by atomic mass is 10.1. The van der Waals surface area contributed by atoms with Gasteiger partial charge in [0.25, 0.3) is 0 Å². The molecule has 0 amide bonds. The van der Waals surface area contributed by atoms with Crippen molar-refractivity contribution in [1.29, 1.82) is 0 Å². The van der Waals surface area contributed by atoms with E-state index in [1.807, 2.05) is 30.3 Å². The summed E-state index contributed by atoms with van der Waals surface area (Å²) in [7, 11) is 0.